The Labute approximate surface area is 224 Å². The smallest absolute Gasteiger partial charge is 0.124 e. The second-order valence-electron chi connectivity index (χ2n) is 8.32. The molecule has 5 heteroatoms. The molecule has 1 aromatic carbocycles. The van der Waals surface area contributed by atoms with E-state index in [1.54, 1.807) is 6.08 Å². The lowest BCUT2D eigenvalue weighted by Gasteiger charge is -2.27. The summed E-state index contributed by atoms with van der Waals surface area (Å²) in [5, 5.41) is 8.17. The molecule has 0 bridgehead atoms. The van der Waals surface area contributed by atoms with Gasteiger partial charge in [0.05, 0.1) is 16.4 Å². The molecular formula is C30H49BrN4. The molecule has 0 amide bonds. The highest BCUT2D eigenvalue weighted by atomic mass is 79.9. The predicted molar refractivity (Wildman–Crippen MR) is 160 cm³/mol. The summed E-state index contributed by atoms with van der Waals surface area (Å²) in [7, 11) is 2.16. The van der Waals surface area contributed by atoms with Crippen molar-refractivity contribution in [2.75, 3.05) is 20.1 Å². The molecule has 196 valence electrons. The van der Waals surface area contributed by atoms with E-state index in [2.05, 4.69) is 109 Å². The van der Waals surface area contributed by atoms with Gasteiger partial charge < -0.3 is 10.2 Å². The van der Waals surface area contributed by atoms with Crippen molar-refractivity contribution >= 4 is 21.8 Å². The minimum Gasteiger partial charge on any atom is -0.378 e. The van der Waals surface area contributed by atoms with Crippen LogP contribution in [0.1, 0.15) is 70.7 Å². The zero-order chi connectivity index (χ0) is 26.8. The maximum Gasteiger partial charge on any atom is 0.124 e. The first kappa shape index (κ1) is 32.7. The minimum atomic E-state index is 0.580. The van der Waals surface area contributed by atoms with Gasteiger partial charge in [0, 0.05) is 25.8 Å². The first-order chi connectivity index (χ1) is 16.8. The van der Waals surface area contributed by atoms with Crippen LogP contribution in [0, 0.1) is 19.8 Å². The molecule has 0 atom stereocenters. The first-order valence-electron chi connectivity index (χ1n) is 13.0. The molecule has 1 aromatic heterocycles. The topological polar surface area (TPSA) is 33.1 Å². The van der Waals surface area contributed by atoms with Crippen molar-refractivity contribution in [3.63, 3.8) is 0 Å². The van der Waals surface area contributed by atoms with Gasteiger partial charge in [0.15, 0.2) is 0 Å². The lowest BCUT2D eigenvalue weighted by molar-refractivity contribution is 0.343. The van der Waals surface area contributed by atoms with E-state index in [1.165, 1.54) is 16.8 Å². The summed E-state index contributed by atoms with van der Waals surface area (Å²) in [6.45, 7) is 24.2. The van der Waals surface area contributed by atoms with Crippen LogP contribution in [0.4, 0.5) is 0 Å². The Morgan fingerprint density at radius 3 is 2.31 bits per heavy atom. The third-order valence-corrected chi connectivity index (χ3v) is 6.66. The number of nitrogens with zero attached hydrogens (tertiary/aromatic N) is 3. The molecule has 0 aliphatic heterocycles. The Morgan fingerprint density at radius 1 is 1.20 bits per heavy atom. The van der Waals surface area contributed by atoms with Crippen LogP contribution in [-0.4, -0.2) is 34.8 Å². The second-order valence-corrected chi connectivity index (χ2v) is 9.18. The van der Waals surface area contributed by atoms with Crippen molar-refractivity contribution in [1.82, 2.24) is 20.0 Å². The number of hydrogen-bond acceptors (Lipinski definition) is 3. The van der Waals surface area contributed by atoms with Crippen LogP contribution in [0.5, 0.6) is 0 Å². The van der Waals surface area contributed by atoms with Gasteiger partial charge in [0.25, 0.3) is 0 Å². The lowest BCUT2D eigenvalue weighted by atomic mass is 9.99. The number of aryl methyl sites for hydroxylation is 1. The molecule has 0 saturated carbocycles. The van der Waals surface area contributed by atoms with E-state index >= 15 is 0 Å². The molecule has 1 heterocycles. The summed E-state index contributed by atoms with van der Waals surface area (Å²) in [5.41, 5.74) is 5.00. The minimum absolute atomic E-state index is 0.580. The summed E-state index contributed by atoms with van der Waals surface area (Å²) < 4.78 is 3.00. The highest BCUT2D eigenvalue weighted by Gasteiger charge is 2.12. The molecule has 0 fully saturated rings. The van der Waals surface area contributed by atoms with Crippen LogP contribution in [0.3, 0.4) is 0 Å². The maximum absolute atomic E-state index is 4.55. The molecule has 0 aliphatic rings. The van der Waals surface area contributed by atoms with Gasteiger partial charge in [-0.3, -0.25) is 0 Å². The van der Waals surface area contributed by atoms with Gasteiger partial charge in [-0.1, -0.05) is 64.6 Å². The summed E-state index contributed by atoms with van der Waals surface area (Å²) in [6, 6.07) is 8.53. The fraction of sp³-hybridized carbons (Fsp3) is 0.500. The Balaban J connectivity index is 0.00000214. The van der Waals surface area contributed by atoms with Gasteiger partial charge in [0.2, 0.25) is 0 Å². The largest absolute Gasteiger partial charge is 0.378 e. The highest BCUT2D eigenvalue weighted by molar-refractivity contribution is 9.10. The molecule has 2 aromatic rings. The predicted octanol–water partition coefficient (Wildman–Crippen LogP) is 8.38. The molecule has 2 rings (SSSR count). The maximum atomic E-state index is 4.55. The first-order valence-corrected chi connectivity index (χ1v) is 13.8. The van der Waals surface area contributed by atoms with E-state index in [0.717, 1.165) is 54.8 Å². The summed E-state index contributed by atoms with van der Waals surface area (Å²) in [6.07, 6.45) is 10.1. The van der Waals surface area contributed by atoms with Crippen LogP contribution < -0.4 is 5.32 Å². The molecule has 0 unspecified atom stereocenters. The number of benzene rings is 1. The number of nitrogens with one attached hydrogen (secondary N) is 1. The van der Waals surface area contributed by atoms with Gasteiger partial charge in [-0.05, 0) is 85.5 Å². The van der Waals surface area contributed by atoms with Crippen molar-refractivity contribution in [3.05, 3.63) is 82.8 Å². The molecule has 35 heavy (non-hydrogen) atoms. The standard InChI is InChI=1S/C25H37BrN4.C3H6.C2H6/c1-7-22(8-2)20(4)29(6)17-11-16-27-25(30-21(5)24(26)18-28-30)15-14-23-13-10-9-12-19(23)3;1-3-2;1-2/h9-10,12-13,15,18,22,27H,4,7-8,11,14,16-17H2,1-3,5-6H3;3H,1H2,2H3;1-2H3/b25-15-;;. The zero-order valence-corrected chi connectivity index (χ0v) is 25.1. The summed E-state index contributed by atoms with van der Waals surface area (Å²) in [4.78, 5) is 2.31. The van der Waals surface area contributed by atoms with E-state index < -0.39 is 0 Å². The van der Waals surface area contributed by atoms with E-state index in [9.17, 15) is 0 Å². The van der Waals surface area contributed by atoms with Crippen molar-refractivity contribution in [2.24, 2.45) is 5.92 Å². The van der Waals surface area contributed by atoms with Crippen molar-refractivity contribution in [1.29, 1.82) is 0 Å². The number of halogens is 1. The van der Waals surface area contributed by atoms with Gasteiger partial charge in [-0.25, -0.2) is 4.68 Å². The molecule has 0 aliphatic carbocycles. The molecule has 1 N–H and O–H groups in total. The lowest BCUT2D eigenvalue weighted by Crippen LogP contribution is -2.27. The van der Waals surface area contributed by atoms with Gasteiger partial charge in [-0.2, -0.15) is 5.10 Å². The number of rotatable bonds is 12. The molecule has 0 saturated heterocycles. The molecule has 0 spiro atoms. The molecule has 4 nitrogen and oxygen atoms in total. The van der Waals surface area contributed by atoms with Crippen molar-refractivity contribution in [3.8, 4) is 0 Å². The molecule has 0 radical (unpaired) electrons. The van der Waals surface area contributed by atoms with E-state index in [0.29, 0.717) is 5.92 Å². The second kappa shape index (κ2) is 19.0. The third-order valence-electron chi connectivity index (χ3n) is 5.88. The number of allylic oxidation sites excluding steroid dienone is 3. The van der Waals surface area contributed by atoms with Crippen LogP contribution in [0.15, 0.2) is 65.9 Å². The molecular weight excluding hydrogens is 496 g/mol. The average molecular weight is 546 g/mol. The Kier molecular flexibility index (Phi) is 17.8. The normalized spacial score (nSPS) is 10.6. The van der Waals surface area contributed by atoms with Gasteiger partial charge >= 0.3 is 0 Å². The van der Waals surface area contributed by atoms with Gasteiger partial charge in [-0.15, -0.1) is 6.58 Å². The van der Waals surface area contributed by atoms with Crippen LogP contribution in [0.25, 0.3) is 5.82 Å². The van der Waals surface area contributed by atoms with Gasteiger partial charge in [0.1, 0.15) is 5.82 Å². The quantitative estimate of drug-likeness (QED) is 0.215. The van der Waals surface area contributed by atoms with Crippen molar-refractivity contribution < 1.29 is 0 Å². The Morgan fingerprint density at radius 2 is 1.80 bits per heavy atom. The number of aromatic nitrogens is 2. The van der Waals surface area contributed by atoms with Crippen molar-refractivity contribution in [2.45, 2.75) is 74.1 Å². The third kappa shape index (κ3) is 11.3. The fourth-order valence-corrected chi connectivity index (χ4v) is 3.92. The monoisotopic (exact) mass is 544 g/mol. The van der Waals surface area contributed by atoms with Crippen LogP contribution in [-0.2, 0) is 6.42 Å². The number of hydrogen-bond donors (Lipinski definition) is 1. The van der Waals surface area contributed by atoms with Crippen LogP contribution in [0.2, 0.25) is 0 Å². The average Bonchev–Trinajstić information content (AvgIpc) is 3.19. The Bertz CT molecular complexity index is 894. The highest BCUT2D eigenvalue weighted by Crippen LogP contribution is 2.20. The van der Waals surface area contributed by atoms with Crippen LogP contribution >= 0.6 is 15.9 Å². The SMILES string of the molecule is C=C(C(CC)CC)N(C)CCCN/C(=C/Cc1ccccc1C)n1ncc(Br)c1C.C=CC.CC. The van der Waals surface area contributed by atoms with E-state index in [4.69, 9.17) is 0 Å². The van der Waals surface area contributed by atoms with E-state index in [1.807, 2.05) is 31.6 Å². The summed E-state index contributed by atoms with van der Waals surface area (Å²) in [5.74, 6) is 1.61. The zero-order valence-electron chi connectivity index (χ0n) is 23.5. The fourth-order valence-electron chi connectivity index (χ4n) is 3.66. The Hall–Kier alpha value is -2.27. The van der Waals surface area contributed by atoms with E-state index in [-0.39, 0.29) is 0 Å². The summed E-state index contributed by atoms with van der Waals surface area (Å²) >= 11 is 3.58.